The van der Waals surface area contributed by atoms with Gasteiger partial charge in [0, 0.05) is 35.7 Å². The van der Waals surface area contributed by atoms with Crippen molar-refractivity contribution in [2.24, 2.45) is 0 Å². The summed E-state index contributed by atoms with van der Waals surface area (Å²) in [6, 6.07) is 14.6. The zero-order valence-corrected chi connectivity index (χ0v) is 20.4. The molecular weight excluding hydrogens is 517 g/mol. The minimum atomic E-state index is -4.42. The summed E-state index contributed by atoms with van der Waals surface area (Å²) >= 11 is 1.27. The van der Waals surface area contributed by atoms with Gasteiger partial charge in [-0.15, -0.1) is 0 Å². The van der Waals surface area contributed by atoms with Gasteiger partial charge in [-0.25, -0.2) is 9.31 Å². The minimum absolute atomic E-state index is 0.143. The van der Waals surface area contributed by atoms with E-state index >= 15 is 0 Å². The zero-order chi connectivity index (χ0) is 26.9. The van der Waals surface area contributed by atoms with E-state index in [1.807, 2.05) is 11.4 Å². The number of halogens is 3. The lowest BCUT2D eigenvalue weighted by atomic mass is 10.0. The molecule has 0 bridgehead atoms. The fourth-order valence-electron chi connectivity index (χ4n) is 4.06. The number of nitrogens with zero attached hydrogens (tertiary/aromatic N) is 3. The number of aromatic carboxylic acids is 1. The van der Waals surface area contributed by atoms with Gasteiger partial charge in [-0.3, -0.25) is 4.79 Å². The first-order chi connectivity index (χ1) is 18.2. The molecule has 5 aromatic rings. The van der Waals surface area contributed by atoms with E-state index in [9.17, 15) is 22.8 Å². The van der Waals surface area contributed by atoms with Gasteiger partial charge in [0.2, 0.25) is 0 Å². The number of hydrogen-bond acceptors (Lipinski definition) is 5. The van der Waals surface area contributed by atoms with Crippen molar-refractivity contribution in [3.8, 4) is 11.3 Å². The fourth-order valence-corrected chi connectivity index (χ4v) is 4.59. The van der Waals surface area contributed by atoms with E-state index in [4.69, 9.17) is 5.11 Å². The van der Waals surface area contributed by atoms with Gasteiger partial charge in [0.25, 0.3) is 5.91 Å². The molecule has 0 fully saturated rings. The number of fused-ring (bicyclic) bond motifs is 1. The van der Waals surface area contributed by atoms with Gasteiger partial charge in [-0.05, 0) is 59.1 Å². The summed E-state index contributed by atoms with van der Waals surface area (Å²) in [7, 11) is 0. The highest BCUT2D eigenvalue weighted by atomic mass is 32.1. The van der Waals surface area contributed by atoms with E-state index in [-0.39, 0.29) is 24.4 Å². The van der Waals surface area contributed by atoms with E-state index in [0.717, 1.165) is 12.1 Å². The van der Waals surface area contributed by atoms with Crippen LogP contribution in [-0.4, -0.2) is 31.0 Å². The van der Waals surface area contributed by atoms with Crippen LogP contribution in [0.4, 0.5) is 13.2 Å². The third-order valence-corrected chi connectivity index (χ3v) is 6.56. The molecule has 0 aliphatic carbocycles. The molecule has 0 spiro atoms. The molecule has 2 N–H and O–H groups in total. The van der Waals surface area contributed by atoms with Crippen LogP contribution in [0, 0.1) is 0 Å². The lowest BCUT2D eigenvalue weighted by molar-refractivity contribution is -0.137. The monoisotopic (exact) mass is 536 g/mol. The topological polar surface area (TPSA) is 96.6 Å². The van der Waals surface area contributed by atoms with E-state index in [2.05, 4.69) is 14.8 Å². The third-order valence-electron chi connectivity index (χ3n) is 6.00. The van der Waals surface area contributed by atoms with Crippen molar-refractivity contribution < 1.29 is 27.9 Å². The van der Waals surface area contributed by atoms with Gasteiger partial charge in [-0.1, -0.05) is 24.3 Å². The Morgan fingerprint density at radius 3 is 2.34 bits per heavy atom. The highest BCUT2D eigenvalue weighted by Gasteiger charge is 2.30. The smallest absolute Gasteiger partial charge is 0.416 e. The van der Waals surface area contributed by atoms with Crippen LogP contribution in [0.25, 0.3) is 16.8 Å². The van der Waals surface area contributed by atoms with Crippen LogP contribution >= 0.6 is 11.5 Å². The quantitative estimate of drug-likeness (QED) is 0.278. The maximum absolute atomic E-state index is 13.4. The van der Waals surface area contributed by atoms with Crippen LogP contribution in [0.5, 0.6) is 0 Å². The molecule has 0 aliphatic rings. The van der Waals surface area contributed by atoms with Gasteiger partial charge in [-0.2, -0.15) is 22.6 Å². The van der Waals surface area contributed by atoms with Crippen molar-refractivity contribution >= 4 is 28.9 Å². The number of alkyl halides is 3. The number of amides is 1. The van der Waals surface area contributed by atoms with Gasteiger partial charge >= 0.3 is 12.1 Å². The van der Waals surface area contributed by atoms with Crippen LogP contribution in [0.2, 0.25) is 0 Å². The highest BCUT2D eigenvalue weighted by Crippen LogP contribution is 2.30. The Labute approximate surface area is 218 Å². The zero-order valence-electron chi connectivity index (χ0n) is 19.6. The molecule has 0 saturated carbocycles. The van der Waals surface area contributed by atoms with E-state index in [1.165, 1.54) is 35.8 Å². The summed E-state index contributed by atoms with van der Waals surface area (Å²) in [5, 5.41) is 18.2. The molecule has 3 heterocycles. The SMILES string of the molecule is O=C(O)c1ccc(CNC(=O)c2cc(-c3ccsn3)cn3ncc(Cc4ccc(C(F)(F)F)cc4)c23)cc1. The van der Waals surface area contributed by atoms with Crippen molar-refractivity contribution in [3.63, 3.8) is 0 Å². The number of rotatable bonds is 7. The highest BCUT2D eigenvalue weighted by molar-refractivity contribution is 7.03. The van der Waals surface area contributed by atoms with Crippen LogP contribution < -0.4 is 5.32 Å². The Hall–Kier alpha value is -4.51. The number of pyridine rings is 1. The van der Waals surface area contributed by atoms with Crippen molar-refractivity contribution in [2.75, 3.05) is 0 Å². The molecular formula is C27H19F3N4O3S. The first kappa shape index (κ1) is 25.2. The average Bonchev–Trinajstić information content (AvgIpc) is 3.57. The van der Waals surface area contributed by atoms with Crippen molar-refractivity contribution in [2.45, 2.75) is 19.1 Å². The predicted octanol–water partition coefficient (Wildman–Crippen LogP) is 5.70. The third kappa shape index (κ3) is 5.28. The molecule has 38 heavy (non-hydrogen) atoms. The van der Waals surface area contributed by atoms with Crippen molar-refractivity contribution in [1.82, 2.24) is 19.3 Å². The van der Waals surface area contributed by atoms with Gasteiger partial charge in [0.15, 0.2) is 0 Å². The second kappa shape index (κ2) is 10.1. The maximum atomic E-state index is 13.4. The molecule has 0 aliphatic heterocycles. The molecule has 2 aromatic carbocycles. The Bertz CT molecular complexity index is 1610. The first-order valence-electron chi connectivity index (χ1n) is 11.4. The normalized spacial score (nSPS) is 11.6. The Kier molecular flexibility index (Phi) is 6.68. The molecule has 0 atom stereocenters. The first-order valence-corrected chi connectivity index (χ1v) is 12.2. The Morgan fingerprint density at radius 1 is 1.00 bits per heavy atom. The van der Waals surface area contributed by atoms with Gasteiger partial charge < -0.3 is 10.4 Å². The van der Waals surface area contributed by atoms with E-state index in [0.29, 0.717) is 39.0 Å². The summed E-state index contributed by atoms with van der Waals surface area (Å²) in [6.45, 7) is 0.161. The fraction of sp³-hybridized carbons (Fsp3) is 0.111. The number of nitrogens with one attached hydrogen (secondary N) is 1. The lowest BCUT2D eigenvalue weighted by Gasteiger charge is -2.11. The maximum Gasteiger partial charge on any atom is 0.416 e. The van der Waals surface area contributed by atoms with Crippen molar-refractivity contribution in [1.29, 1.82) is 0 Å². The number of hydrogen-bond donors (Lipinski definition) is 2. The molecule has 5 rings (SSSR count). The number of aromatic nitrogens is 3. The van der Waals surface area contributed by atoms with Crippen LogP contribution in [0.1, 0.15) is 43.0 Å². The van der Waals surface area contributed by atoms with Crippen LogP contribution in [0.3, 0.4) is 0 Å². The van der Waals surface area contributed by atoms with Gasteiger partial charge in [0.05, 0.1) is 34.1 Å². The summed E-state index contributed by atoms with van der Waals surface area (Å²) < 4.78 is 44.8. The summed E-state index contributed by atoms with van der Waals surface area (Å²) in [5.41, 5.74) is 3.66. The minimum Gasteiger partial charge on any atom is -0.478 e. The Balaban J connectivity index is 1.47. The van der Waals surface area contributed by atoms with Crippen molar-refractivity contribution in [3.05, 3.63) is 112 Å². The van der Waals surface area contributed by atoms with Gasteiger partial charge in [0.1, 0.15) is 0 Å². The molecule has 1 amide bonds. The van der Waals surface area contributed by atoms with Crippen LogP contribution in [-0.2, 0) is 19.1 Å². The summed E-state index contributed by atoms with van der Waals surface area (Å²) in [6.07, 6.45) is -0.801. The molecule has 0 radical (unpaired) electrons. The number of benzene rings is 2. The number of carboxylic acid groups (broad SMARTS) is 1. The molecule has 7 nitrogen and oxygen atoms in total. The second-order valence-corrected chi connectivity index (χ2v) is 9.21. The standard InChI is InChI=1S/C27H19F3N4O3S/c28-27(29,30)21-7-3-16(4-8-21)11-19-14-32-34-15-20(23-9-10-38-33-23)12-22(24(19)34)25(35)31-13-17-1-5-18(6-2-17)26(36)37/h1-10,12,14-15H,11,13H2,(H,31,35)(H,36,37). The molecule has 0 unspecified atom stereocenters. The van der Waals surface area contributed by atoms with E-state index in [1.54, 1.807) is 35.1 Å². The summed E-state index contributed by atoms with van der Waals surface area (Å²) in [5.74, 6) is -1.42. The average molecular weight is 537 g/mol. The lowest BCUT2D eigenvalue weighted by Crippen LogP contribution is -2.24. The predicted molar refractivity (Wildman–Crippen MR) is 135 cm³/mol. The summed E-state index contributed by atoms with van der Waals surface area (Å²) in [4.78, 5) is 24.5. The second-order valence-electron chi connectivity index (χ2n) is 8.55. The molecule has 192 valence electrons. The van der Waals surface area contributed by atoms with Crippen LogP contribution in [0.15, 0.2) is 78.4 Å². The molecule has 0 saturated heterocycles. The molecule has 11 heteroatoms. The largest absolute Gasteiger partial charge is 0.478 e. The Morgan fingerprint density at radius 2 is 1.71 bits per heavy atom. The molecule has 3 aromatic heterocycles. The number of carbonyl (C=O) groups excluding carboxylic acids is 1. The number of carbonyl (C=O) groups is 2. The number of carboxylic acids is 1. The van der Waals surface area contributed by atoms with E-state index < -0.39 is 17.7 Å².